The molecular weight excluding hydrogens is 340 g/mol. The summed E-state index contributed by atoms with van der Waals surface area (Å²) in [5.74, 6) is 0.447. The van der Waals surface area contributed by atoms with Crippen LogP contribution in [0, 0.1) is 5.92 Å². The topological polar surface area (TPSA) is 49.4 Å². The summed E-state index contributed by atoms with van der Waals surface area (Å²) < 4.78 is 27.2. The van der Waals surface area contributed by atoms with Crippen molar-refractivity contribution < 1.29 is 8.42 Å². The Morgan fingerprint density at radius 1 is 1.25 bits per heavy atom. The Morgan fingerprint density at radius 3 is 2.40 bits per heavy atom. The van der Waals surface area contributed by atoms with Gasteiger partial charge in [-0.3, -0.25) is 0 Å². The van der Waals surface area contributed by atoms with Crippen molar-refractivity contribution >= 4 is 26.0 Å². The van der Waals surface area contributed by atoms with Crippen LogP contribution < -0.4 is 4.72 Å². The van der Waals surface area contributed by atoms with Gasteiger partial charge in [-0.2, -0.15) is 0 Å². The largest absolute Gasteiger partial charge is 0.306 e. The second-order valence-electron chi connectivity index (χ2n) is 5.38. The fourth-order valence-electron chi connectivity index (χ4n) is 2.33. The van der Waals surface area contributed by atoms with Crippen molar-refractivity contribution in [2.75, 3.05) is 26.7 Å². The Balaban J connectivity index is 1.93. The normalized spacial score (nSPS) is 18.3. The van der Waals surface area contributed by atoms with Crippen LogP contribution in [0.3, 0.4) is 0 Å². The van der Waals surface area contributed by atoms with Gasteiger partial charge in [-0.25, -0.2) is 13.1 Å². The Bertz CT molecular complexity index is 523. The third-order valence-corrected chi connectivity index (χ3v) is 5.88. The average Bonchev–Trinajstić information content (AvgIpc) is 2.47. The van der Waals surface area contributed by atoms with Crippen LogP contribution in [0.4, 0.5) is 0 Å². The minimum atomic E-state index is -3.38. The van der Waals surface area contributed by atoms with Crippen molar-refractivity contribution in [2.24, 2.45) is 5.92 Å². The summed E-state index contributed by atoms with van der Waals surface area (Å²) in [6.07, 6.45) is 2.11. The van der Waals surface area contributed by atoms with E-state index in [4.69, 9.17) is 0 Å². The number of nitrogens with one attached hydrogen (secondary N) is 1. The second kappa shape index (κ2) is 7.02. The van der Waals surface area contributed by atoms with Crippen molar-refractivity contribution in [3.63, 3.8) is 0 Å². The molecule has 0 bridgehead atoms. The van der Waals surface area contributed by atoms with E-state index in [2.05, 4.69) is 32.6 Å². The third kappa shape index (κ3) is 4.28. The molecule has 0 amide bonds. The fourth-order valence-corrected chi connectivity index (χ4v) is 3.82. The van der Waals surface area contributed by atoms with Crippen LogP contribution >= 0.6 is 15.9 Å². The first-order valence-electron chi connectivity index (χ1n) is 6.84. The van der Waals surface area contributed by atoms with Gasteiger partial charge in [0.1, 0.15) is 0 Å². The summed E-state index contributed by atoms with van der Waals surface area (Å²) in [5.41, 5.74) is 1.07. The number of rotatable bonds is 5. The average molecular weight is 361 g/mol. The predicted molar refractivity (Wildman–Crippen MR) is 84.5 cm³/mol. The lowest BCUT2D eigenvalue weighted by Crippen LogP contribution is -2.36. The highest BCUT2D eigenvalue weighted by atomic mass is 79.9. The number of piperidine rings is 1. The van der Waals surface area contributed by atoms with E-state index in [0.29, 0.717) is 17.4 Å². The van der Waals surface area contributed by atoms with E-state index in [0.717, 1.165) is 36.8 Å². The number of benzene rings is 1. The number of hydrogen-bond acceptors (Lipinski definition) is 3. The maximum atomic E-state index is 12.2. The van der Waals surface area contributed by atoms with E-state index in [1.165, 1.54) is 0 Å². The van der Waals surface area contributed by atoms with E-state index >= 15 is 0 Å². The van der Waals surface area contributed by atoms with E-state index < -0.39 is 10.0 Å². The van der Waals surface area contributed by atoms with Gasteiger partial charge in [0.15, 0.2) is 0 Å². The standard InChI is InChI=1S/C14H21BrN2O2S/c1-17-8-6-13(7-9-17)11-16-20(18,19)14-4-2-12(10-15)3-5-14/h2-5,13,16H,6-11H2,1H3. The molecule has 1 aromatic rings. The van der Waals surface area contributed by atoms with Gasteiger partial charge in [-0.1, -0.05) is 28.1 Å². The second-order valence-corrected chi connectivity index (χ2v) is 7.70. The molecule has 0 spiro atoms. The molecule has 4 nitrogen and oxygen atoms in total. The molecule has 0 saturated carbocycles. The van der Waals surface area contributed by atoms with Gasteiger partial charge in [-0.05, 0) is 56.6 Å². The van der Waals surface area contributed by atoms with Gasteiger partial charge < -0.3 is 4.90 Å². The first kappa shape index (κ1) is 15.9. The third-order valence-electron chi connectivity index (χ3n) is 3.79. The first-order chi connectivity index (χ1) is 9.51. The number of nitrogens with zero attached hydrogens (tertiary/aromatic N) is 1. The van der Waals surface area contributed by atoms with Crippen molar-refractivity contribution in [1.82, 2.24) is 9.62 Å². The molecule has 1 aliphatic rings. The molecular formula is C14H21BrN2O2S. The molecule has 1 fully saturated rings. The summed E-state index contributed by atoms with van der Waals surface area (Å²) in [4.78, 5) is 2.62. The number of halogens is 1. The Labute approximate surface area is 129 Å². The molecule has 0 radical (unpaired) electrons. The molecule has 0 aromatic heterocycles. The van der Waals surface area contributed by atoms with Crippen LogP contribution in [-0.2, 0) is 15.4 Å². The summed E-state index contributed by atoms with van der Waals surface area (Å²) >= 11 is 3.35. The molecule has 1 N–H and O–H groups in total. The van der Waals surface area contributed by atoms with E-state index in [1.807, 2.05) is 12.1 Å². The molecule has 0 aliphatic carbocycles. The fraction of sp³-hybridized carbons (Fsp3) is 0.571. The Hall–Kier alpha value is -0.430. The van der Waals surface area contributed by atoms with Crippen LogP contribution in [0.5, 0.6) is 0 Å². The lowest BCUT2D eigenvalue weighted by Gasteiger charge is -2.28. The van der Waals surface area contributed by atoms with Crippen molar-refractivity contribution in [3.8, 4) is 0 Å². The van der Waals surface area contributed by atoms with Crippen LogP contribution in [0.15, 0.2) is 29.2 Å². The van der Waals surface area contributed by atoms with Crippen LogP contribution in [0.25, 0.3) is 0 Å². The zero-order chi connectivity index (χ0) is 14.6. The summed E-state index contributed by atoms with van der Waals surface area (Å²) in [5, 5.41) is 0.732. The van der Waals surface area contributed by atoms with Crippen LogP contribution in [0.2, 0.25) is 0 Å². The lowest BCUT2D eigenvalue weighted by molar-refractivity contribution is 0.220. The van der Waals surface area contributed by atoms with Crippen LogP contribution in [-0.4, -0.2) is 40.0 Å². The number of alkyl halides is 1. The van der Waals surface area contributed by atoms with Gasteiger partial charge in [0.25, 0.3) is 0 Å². The zero-order valence-electron chi connectivity index (χ0n) is 11.7. The van der Waals surface area contributed by atoms with Crippen molar-refractivity contribution in [1.29, 1.82) is 0 Å². The molecule has 2 rings (SSSR count). The molecule has 0 atom stereocenters. The summed E-state index contributed by atoms with van der Waals surface area (Å²) in [6.45, 7) is 2.63. The van der Waals surface area contributed by atoms with E-state index in [9.17, 15) is 8.42 Å². The summed E-state index contributed by atoms with van der Waals surface area (Å²) in [6, 6.07) is 6.99. The highest BCUT2D eigenvalue weighted by Crippen LogP contribution is 2.17. The number of likely N-dealkylation sites (tertiary alicyclic amines) is 1. The minimum Gasteiger partial charge on any atom is -0.306 e. The Kier molecular flexibility index (Phi) is 5.60. The molecule has 1 aliphatic heterocycles. The van der Waals surface area contributed by atoms with Crippen molar-refractivity contribution in [2.45, 2.75) is 23.1 Å². The van der Waals surface area contributed by atoms with Gasteiger partial charge in [0.2, 0.25) is 10.0 Å². The quantitative estimate of drug-likeness (QED) is 0.818. The van der Waals surface area contributed by atoms with Crippen LogP contribution in [0.1, 0.15) is 18.4 Å². The lowest BCUT2D eigenvalue weighted by atomic mass is 9.98. The molecule has 0 unspecified atom stereocenters. The molecule has 1 heterocycles. The predicted octanol–water partition coefficient (Wildman–Crippen LogP) is 2.20. The number of sulfonamides is 1. The maximum Gasteiger partial charge on any atom is 0.240 e. The highest BCUT2D eigenvalue weighted by molar-refractivity contribution is 9.08. The van der Waals surface area contributed by atoms with Gasteiger partial charge in [0.05, 0.1) is 4.90 Å². The maximum absolute atomic E-state index is 12.2. The Morgan fingerprint density at radius 2 is 1.85 bits per heavy atom. The zero-order valence-corrected chi connectivity index (χ0v) is 14.1. The molecule has 1 saturated heterocycles. The molecule has 6 heteroatoms. The van der Waals surface area contributed by atoms with Gasteiger partial charge in [0, 0.05) is 11.9 Å². The smallest absolute Gasteiger partial charge is 0.240 e. The van der Waals surface area contributed by atoms with Crippen molar-refractivity contribution in [3.05, 3.63) is 29.8 Å². The minimum absolute atomic E-state index is 0.343. The monoisotopic (exact) mass is 360 g/mol. The first-order valence-corrected chi connectivity index (χ1v) is 9.45. The number of hydrogen-bond donors (Lipinski definition) is 1. The van der Waals surface area contributed by atoms with E-state index in [-0.39, 0.29) is 0 Å². The molecule has 20 heavy (non-hydrogen) atoms. The summed E-state index contributed by atoms with van der Waals surface area (Å²) in [7, 11) is -1.27. The highest BCUT2D eigenvalue weighted by Gasteiger charge is 2.20. The molecule has 112 valence electrons. The van der Waals surface area contributed by atoms with E-state index in [1.54, 1.807) is 12.1 Å². The van der Waals surface area contributed by atoms with Gasteiger partial charge >= 0.3 is 0 Å². The SMILES string of the molecule is CN1CCC(CNS(=O)(=O)c2ccc(CBr)cc2)CC1. The molecule has 1 aromatic carbocycles. The van der Waals surface area contributed by atoms with Gasteiger partial charge in [-0.15, -0.1) is 0 Å².